The number of rotatable bonds is 1. The van der Waals surface area contributed by atoms with E-state index in [9.17, 15) is 9.59 Å². The Morgan fingerprint density at radius 2 is 1.59 bits per heavy atom. The quantitative estimate of drug-likeness (QED) is 0.734. The van der Waals surface area contributed by atoms with Crippen LogP contribution in [0.4, 0.5) is 15.3 Å². The molecule has 1 saturated heterocycles. The van der Waals surface area contributed by atoms with E-state index < -0.39 is 12.2 Å². The van der Waals surface area contributed by atoms with Crippen molar-refractivity contribution in [2.75, 3.05) is 19.2 Å². The van der Waals surface area contributed by atoms with Crippen molar-refractivity contribution in [3.05, 3.63) is 29.3 Å². The molecule has 6 atom stereocenters. The Kier molecular flexibility index (Phi) is 3.52. The fourth-order valence-electron chi connectivity index (χ4n) is 5.24. The maximum atomic E-state index is 12.3. The van der Waals surface area contributed by atoms with Crippen LogP contribution in [0, 0.1) is 11.8 Å². The highest BCUT2D eigenvalue weighted by Gasteiger charge is 2.73. The maximum absolute atomic E-state index is 12.3. The molecule has 2 aliphatic heterocycles. The molecule has 2 saturated carbocycles. The summed E-state index contributed by atoms with van der Waals surface area (Å²) in [6.07, 6.45) is -0.250. The Bertz CT molecular complexity index is 833. The van der Waals surface area contributed by atoms with Gasteiger partial charge >= 0.3 is 12.2 Å². The van der Waals surface area contributed by atoms with E-state index in [0.29, 0.717) is 5.02 Å². The highest BCUT2D eigenvalue weighted by molar-refractivity contribution is 6.30. The largest absolute Gasteiger partial charge is 0.452 e. The van der Waals surface area contributed by atoms with Crippen LogP contribution in [0.15, 0.2) is 34.6 Å². The first-order valence-electron chi connectivity index (χ1n) is 8.76. The van der Waals surface area contributed by atoms with Gasteiger partial charge in [0.15, 0.2) is 0 Å². The molecule has 0 spiro atoms. The Labute approximate surface area is 160 Å². The monoisotopic (exact) mass is 391 g/mol. The van der Waals surface area contributed by atoms with Crippen LogP contribution in [-0.2, 0) is 9.47 Å². The van der Waals surface area contributed by atoms with Crippen molar-refractivity contribution < 1.29 is 19.1 Å². The van der Waals surface area contributed by atoms with Gasteiger partial charge in [-0.2, -0.15) is 5.11 Å². The minimum Gasteiger partial charge on any atom is -0.452 e. The summed E-state index contributed by atoms with van der Waals surface area (Å²) in [5, 5.41) is 14.2. The smallest absolute Gasteiger partial charge is 0.429 e. The highest BCUT2D eigenvalue weighted by Crippen LogP contribution is 2.59. The number of anilines is 1. The van der Waals surface area contributed by atoms with Crippen molar-refractivity contribution in [2.45, 2.75) is 30.6 Å². The van der Waals surface area contributed by atoms with Crippen LogP contribution in [0.1, 0.15) is 6.42 Å². The average Bonchev–Trinajstić information content (AvgIpc) is 3.31. The number of hydrogen-bond donors (Lipinski definition) is 0. The number of ether oxygens (including phenoxy) is 2. The Balaban J connectivity index is 1.47. The van der Waals surface area contributed by atoms with E-state index in [0.717, 1.165) is 12.1 Å². The van der Waals surface area contributed by atoms with Gasteiger partial charge in [0.05, 0.1) is 38.0 Å². The number of benzene rings is 1. The second-order valence-corrected chi connectivity index (χ2v) is 7.62. The molecule has 1 aromatic rings. The fourth-order valence-corrected chi connectivity index (χ4v) is 5.36. The molecule has 0 radical (unpaired) electrons. The zero-order valence-electron chi connectivity index (χ0n) is 14.7. The zero-order chi connectivity index (χ0) is 18.9. The molecule has 2 bridgehead atoms. The SMILES string of the molecule is COC(=O)N1[C@@H]2[C@@H]3C[C@@H]([C@@H]4[C@H]3N=NN4c3ccc(Cl)cc3)[C@@H]2N1C(=O)OC. The summed E-state index contributed by atoms with van der Waals surface area (Å²) in [5.41, 5.74) is 0.911. The van der Waals surface area contributed by atoms with Crippen molar-refractivity contribution in [1.29, 1.82) is 0 Å². The van der Waals surface area contributed by atoms with Gasteiger partial charge in [0, 0.05) is 16.9 Å². The number of carbonyl (C=O) groups is 2. The van der Waals surface area contributed by atoms with Crippen LogP contribution in [0.25, 0.3) is 0 Å². The van der Waals surface area contributed by atoms with Gasteiger partial charge in [0.25, 0.3) is 0 Å². The topological polar surface area (TPSA) is 87.0 Å². The van der Waals surface area contributed by atoms with E-state index in [1.165, 1.54) is 24.2 Å². The van der Waals surface area contributed by atoms with Crippen LogP contribution in [-0.4, -0.2) is 60.6 Å². The lowest BCUT2D eigenvalue weighted by Gasteiger charge is -2.58. The summed E-state index contributed by atoms with van der Waals surface area (Å²) in [4.78, 5) is 24.5. The van der Waals surface area contributed by atoms with Crippen molar-refractivity contribution in [1.82, 2.24) is 10.0 Å². The van der Waals surface area contributed by atoms with Crippen LogP contribution in [0.2, 0.25) is 5.02 Å². The van der Waals surface area contributed by atoms with Crippen LogP contribution < -0.4 is 5.01 Å². The van der Waals surface area contributed by atoms with Crippen molar-refractivity contribution in [2.24, 2.45) is 22.2 Å². The van der Waals surface area contributed by atoms with Crippen molar-refractivity contribution in [3.63, 3.8) is 0 Å². The van der Waals surface area contributed by atoms with Crippen molar-refractivity contribution >= 4 is 29.5 Å². The molecule has 9 nitrogen and oxygen atoms in total. The van der Waals surface area contributed by atoms with Gasteiger partial charge in [-0.15, -0.1) is 0 Å². The van der Waals surface area contributed by atoms with Gasteiger partial charge in [-0.25, -0.2) is 24.6 Å². The molecule has 4 aliphatic rings. The molecular formula is C17H18ClN5O4. The number of carbonyl (C=O) groups excluding carboxylic acids is 2. The van der Waals surface area contributed by atoms with E-state index >= 15 is 0 Å². The first kappa shape index (κ1) is 16.6. The third kappa shape index (κ3) is 2.06. The molecule has 0 aromatic heterocycles. The van der Waals surface area contributed by atoms with Crippen LogP contribution in [0.3, 0.4) is 0 Å². The Hall–Kier alpha value is -2.55. The summed E-state index contributed by atoms with van der Waals surface area (Å²) in [7, 11) is 2.61. The molecule has 10 heteroatoms. The molecule has 27 heavy (non-hydrogen) atoms. The van der Waals surface area contributed by atoms with Gasteiger partial charge in [-0.1, -0.05) is 16.8 Å². The van der Waals surface area contributed by atoms with Gasteiger partial charge < -0.3 is 9.47 Å². The lowest BCUT2D eigenvalue weighted by Crippen LogP contribution is -2.78. The standard InChI is InChI=1S/C17H18ClN5O4/c1-26-16(24)22-14-10-7-11(15(14)23(22)17(25)27-2)13-12(10)19-20-21(13)9-5-3-8(18)4-6-9/h3-6,10-15H,7H2,1-2H3/t10-,11+,12+,13-,14-,15+/m1/s1. The predicted molar refractivity (Wildman–Crippen MR) is 94.0 cm³/mol. The van der Waals surface area contributed by atoms with E-state index in [2.05, 4.69) is 10.3 Å². The second kappa shape index (κ2) is 5.72. The molecule has 1 aromatic carbocycles. The van der Waals surface area contributed by atoms with Crippen LogP contribution in [0.5, 0.6) is 0 Å². The summed E-state index contributed by atoms with van der Waals surface area (Å²) < 4.78 is 9.76. The minimum absolute atomic E-state index is 0.0149. The van der Waals surface area contributed by atoms with E-state index in [1.807, 2.05) is 29.3 Å². The molecule has 2 amide bonds. The Morgan fingerprint density at radius 1 is 1.00 bits per heavy atom. The number of nitrogens with zero attached hydrogens (tertiary/aromatic N) is 5. The summed E-state index contributed by atoms with van der Waals surface area (Å²) in [6, 6.07) is 7.24. The third-order valence-electron chi connectivity index (χ3n) is 6.17. The number of fused-ring (bicyclic) bond motifs is 8. The number of hydrazine groups is 1. The molecule has 0 N–H and O–H groups in total. The van der Waals surface area contributed by atoms with E-state index in [-0.39, 0.29) is 36.0 Å². The normalized spacial score (nSPS) is 35.0. The lowest BCUT2D eigenvalue weighted by atomic mass is 9.79. The van der Waals surface area contributed by atoms with Gasteiger partial charge in [0.1, 0.15) is 6.04 Å². The van der Waals surface area contributed by atoms with Crippen molar-refractivity contribution in [3.8, 4) is 0 Å². The summed E-state index contributed by atoms with van der Waals surface area (Å²) in [6.45, 7) is 0. The molecule has 3 fully saturated rings. The second-order valence-electron chi connectivity index (χ2n) is 7.18. The number of methoxy groups -OCH3 is 2. The van der Waals surface area contributed by atoms with Gasteiger partial charge in [0.2, 0.25) is 0 Å². The minimum atomic E-state index is -0.560. The summed E-state index contributed by atoms with van der Waals surface area (Å²) >= 11 is 5.99. The molecular weight excluding hydrogens is 374 g/mol. The van der Waals surface area contributed by atoms with Gasteiger partial charge in [-0.05, 0) is 30.7 Å². The predicted octanol–water partition coefficient (Wildman–Crippen LogP) is 2.72. The molecule has 142 valence electrons. The fraction of sp³-hybridized carbons (Fsp3) is 0.529. The first-order valence-corrected chi connectivity index (χ1v) is 9.14. The van der Waals surface area contributed by atoms with E-state index in [1.54, 1.807) is 0 Å². The zero-order valence-corrected chi connectivity index (χ0v) is 15.5. The molecule has 2 aliphatic carbocycles. The number of halogens is 1. The Morgan fingerprint density at radius 3 is 2.19 bits per heavy atom. The number of hydrogen-bond acceptors (Lipinski definition) is 7. The van der Waals surface area contributed by atoms with E-state index in [4.69, 9.17) is 21.1 Å². The maximum Gasteiger partial charge on any atom is 0.429 e. The third-order valence-corrected chi connectivity index (χ3v) is 6.43. The lowest BCUT2D eigenvalue weighted by molar-refractivity contribution is -0.181. The first-order chi connectivity index (χ1) is 13.1. The van der Waals surface area contributed by atoms with Gasteiger partial charge in [-0.3, -0.25) is 0 Å². The highest BCUT2D eigenvalue weighted by atomic mass is 35.5. The number of amides is 2. The average molecular weight is 392 g/mol. The van der Waals surface area contributed by atoms with Crippen LogP contribution >= 0.6 is 11.6 Å². The summed E-state index contributed by atoms with van der Waals surface area (Å²) in [5.74, 6) is 0.266. The molecule has 2 heterocycles. The molecule has 5 rings (SSSR count). The molecule has 0 unspecified atom stereocenters.